The Balaban J connectivity index is 0.887. The highest BCUT2D eigenvalue weighted by Gasteiger charge is 2.72. The van der Waals surface area contributed by atoms with Crippen LogP contribution < -0.4 is 5.32 Å². The van der Waals surface area contributed by atoms with Gasteiger partial charge < -0.3 is 14.8 Å². The number of sulfone groups is 1. The number of hydrogen-bond acceptors (Lipinski definition) is 8. The number of halogens is 1. The van der Waals surface area contributed by atoms with Crippen molar-refractivity contribution in [2.45, 2.75) is 163 Å². The Kier molecular flexibility index (Phi) is 11.3. The van der Waals surface area contributed by atoms with E-state index in [0.29, 0.717) is 61.1 Å². The monoisotopic (exact) mass is 879 g/mol. The highest BCUT2D eigenvalue weighted by Crippen LogP contribution is 2.78. The van der Waals surface area contributed by atoms with Crippen LogP contribution in [0.25, 0.3) is 0 Å². The third-order valence-corrected chi connectivity index (χ3v) is 23.0. The molecule has 1 aromatic carbocycles. The van der Waals surface area contributed by atoms with Crippen molar-refractivity contribution in [3.63, 3.8) is 0 Å². The van der Waals surface area contributed by atoms with Crippen molar-refractivity contribution in [2.75, 3.05) is 37.8 Å². The first-order chi connectivity index (χ1) is 29.1. The molecule has 7 saturated carbocycles. The van der Waals surface area contributed by atoms with Gasteiger partial charge in [0.1, 0.15) is 19.4 Å². The predicted molar refractivity (Wildman–Crippen MR) is 241 cm³/mol. The summed E-state index contributed by atoms with van der Waals surface area (Å²) < 4.78 is 51.6. The number of hydrogen-bond donors (Lipinski definition) is 1. The van der Waals surface area contributed by atoms with E-state index in [9.17, 15) is 22.4 Å². The lowest BCUT2D eigenvalue weighted by atomic mass is 9.32. The van der Waals surface area contributed by atoms with Gasteiger partial charge in [0.15, 0.2) is 9.84 Å². The van der Waals surface area contributed by atoms with Crippen LogP contribution in [0.2, 0.25) is 0 Å². The summed E-state index contributed by atoms with van der Waals surface area (Å²) in [4.78, 5) is 29.3. The summed E-state index contributed by atoms with van der Waals surface area (Å²) in [7, 11) is -3.02. The van der Waals surface area contributed by atoms with Crippen LogP contribution in [0.4, 0.5) is 4.39 Å². The van der Waals surface area contributed by atoms with Crippen molar-refractivity contribution in [3.05, 3.63) is 35.9 Å². The molecule has 1 N–H and O–H groups in total. The zero-order chi connectivity index (χ0) is 44.3. The molecule has 1 aromatic rings. The number of fused-ring (bicyclic) bond motifs is 7. The molecule has 0 aromatic heterocycles. The molecule has 62 heavy (non-hydrogen) atoms. The lowest BCUT2D eigenvalue weighted by molar-refractivity contribution is -0.250. The fraction of sp³-hybridized carbons (Fsp3) is 0.846. The Morgan fingerprint density at radius 2 is 1.45 bits per heavy atom. The number of nitrogens with one attached hydrogen (secondary N) is 1. The number of carbonyl (C=O) groups is 2. The molecule has 1 heterocycles. The molecule has 1 saturated heterocycles. The van der Waals surface area contributed by atoms with Gasteiger partial charge in [0.05, 0.1) is 29.4 Å². The van der Waals surface area contributed by atoms with E-state index in [1.807, 2.05) is 44.2 Å². The van der Waals surface area contributed by atoms with Crippen LogP contribution in [0, 0.1) is 73.9 Å². The van der Waals surface area contributed by atoms with Gasteiger partial charge in [-0.1, -0.05) is 85.7 Å². The molecule has 8 aliphatic rings. The molecule has 346 valence electrons. The minimum absolute atomic E-state index is 0.0153. The highest BCUT2D eigenvalue weighted by atomic mass is 32.2. The lowest BCUT2D eigenvalue weighted by Crippen LogP contribution is -2.69. The van der Waals surface area contributed by atoms with E-state index in [4.69, 9.17) is 9.47 Å². The molecule has 8 fully saturated rings. The van der Waals surface area contributed by atoms with Crippen LogP contribution in [0.3, 0.4) is 0 Å². The molecule has 10 heteroatoms. The van der Waals surface area contributed by atoms with E-state index < -0.39 is 21.9 Å². The minimum atomic E-state index is -3.02. The predicted octanol–water partition coefficient (Wildman–Crippen LogP) is 9.60. The normalized spacial score (nSPS) is 44.0. The van der Waals surface area contributed by atoms with Crippen LogP contribution >= 0.6 is 0 Å². The molecule has 13 atom stereocenters. The van der Waals surface area contributed by atoms with Crippen LogP contribution in [0.5, 0.6) is 0 Å². The van der Waals surface area contributed by atoms with Gasteiger partial charge in [-0.3, -0.25) is 14.5 Å². The number of benzene rings is 1. The zero-order valence-corrected chi connectivity index (χ0v) is 40.2. The Hall–Kier alpha value is -2.04. The van der Waals surface area contributed by atoms with Crippen molar-refractivity contribution in [2.24, 2.45) is 73.9 Å². The molecule has 1 aliphatic heterocycles. The maximum atomic E-state index is 14.8. The molecular formula is C52H79FN2O6S. The molecule has 0 spiro atoms. The third kappa shape index (κ3) is 7.08. The number of ether oxygens (including phenoxy) is 2. The molecular weight excluding hydrogens is 800 g/mol. The van der Waals surface area contributed by atoms with Gasteiger partial charge in [0, 0.05) is 30.6 Å². The van der Waals surface area contributed by atoms with Gasteiger partial charge >= 0.3 is 11.9 Å². The number of nitrogens with zero attached hydrogens (tertiary/aromatic N) is 1. The summed E-state index contributed by atoms with van der Waals surface area (Å²) in [5, 5.41) is 4.16. The van der Waals surface area contributed by atoms with Gasteiger partial charge in [-0.15, -0.1) is 0 Å². The third-order valence-electron chi connectivity index (χ3n) is 21.4. The quantitative estimate of drug-likeness (QED) is 0.220. The SMILES string of the molecule is CC1([C@@H]2CC[C@]3(NC[C@@H](CF)N4CCS(=O)(=O)CC4)CC[C@]4(C)[C@H](CC[C@@H]5[C@@]6(C)CC[C@H](OC(=O)[C@H]7C[C@@H](C(=O)OCc8ccccc8)C7(C)C)C(C)(C)[C@@H]6CC[C@]54C)[C@@H]23)CC1. The number of alkyl halides is 1. The molecule has 0 radical (unpaired) electrons. The van der Waals surface area contributed by atoms with Crippen molar-refractivity contribution in [3.8, 4) is 0 Å². The van der Waals surface area contributed by atoms with Crippen molar-refractivity contribution >= 4 is 21.8 Å². The average molecular weight is 879 g/mol. The van der Waals surface area contributed by atoms with Crippen molar-refractivity contribution in [1.82, 2.24) is 10.2 Å². The Labute approximate surface area is 373 Å². The molecule has 8 nitrogen and oxygen atoms in total. The van der Waals surface area contributed by atoms with Crippen molar-refractivity contribution < 1.29 is 31.9 Å². The first-order valence-electron chi connectivity index (χ1n) is 24.8. The number of carbonyl (C=O) groups excluding carboxylic acids is 2. The largest absolute Gasteiger partial charge is 0.462 e. The summed E-state index contributed by atoms with van der Waals surface area (Å²) >= 11 is 0. The fourth-order valence-corrected chi connectivity index (χ4v) is 18.1. The minimum Gasteiger partial charge on any atom is -0.462 e. The summed E-state index contributed by atoms with van der Waals surface area (Å²) in [5.74, 6) is 2.20. The van der Waals surface area contributed by atoms with E-state index >= 15 is 0 Å². The smallest absolute Gasteiger partial charge is 0.309 e. The summed E-state index contributed by atoms with van der Waals surface area (Å²) in [5.41, 5.74) is 1.25. The second-order valence-electron chi connectivity index (χ2n) is 24.6. The standard InChI is InChI=1S/C52H79FN2O6S/c1-46(2)38(44(56)60-33-34-12-10-9-11-13-34)30-39(46)45(57)61-42-18-19-49(6)40(47(42,3)4)17-20-51(8)41(49)15-14-37-43-36(48(5)22-23-48)16-21-52(43,25-24-50(37,51)7)54-32-35(31-53)55-26-28-62(58,59)29-27-55/h9-13,35-43,54H,14-33H2,1-8H3/t35-,36-,37-,38+,39-,40+,41-,42+,43-,49+,50-,51-,52+/m1/s1. The first kappa shape index (κ1) is 45.1. The first-order valence-corrected chi connectivity index (χ1v) is 26.6. The van der Waals surface area contributed by atoms with Gasteiger partial charge in [0.2, 0.25) is 0 Å². The maximum absolute atomic E-state index is 14.8. The second-order valence-corrected chi connectivity index (χ2v) is 26.9. The Bertz CT molecular complexity index is 1970. The molecule has 0 unspecified atom stereocenters. The van der Waals surface area contributed by atoms with E-state index in [1.165, 1.54) is 51.4 Å². The zero-order valence-electron chi connectivity index (χ0n) is 39.4. The van der Waals surface area contributed by atoms with Gasteiger partial charge in [-0.05, 0) is 146 Å². The molecule has 0 amide bonds. The van der Waals surface area contributed by atoms with Crippen LogP contribution in [-0.2, 0) is 35.5 Å². The fourth-order valence-electron chi connectivity index (χ4n) is 16.9. The van der Waals surface area contributed by atoms with Crippen molar-refractivity contribution in [1.29, 1.82) is 0 Å². The average Bonchev–Trinajstić information content (AvgIpc) is 3.85. The summed E-state index contributed by atoms with van der Waals surface area (Å²) in [6.45, 7) is 20.6. The Morgan fingerprint density at radius 3 is 2.11 bits per heavy atom. The summed E-state index contributed by atoms with van der Waals surface area (Å²) in [6.07, 6.45) is 14.5. The van der Waals surface area contributed by atoms with E-state index in [1.54, 1.807) is 0 Å². The number of rotatable bonds is 11. The van der Waals surface area contributed by atoms with Crippen LogP contribution in [0.15, 0.2) is 30.3 Å². The number of esters is 2. The van der Waals surface area contributed by atoms with E-state index in [2.05, 4.69) is 51.8 Å². The van der Waals surface area contributed by atoms with E-state index in [-0.39, 0.29) is 81.2 Å². The van der Waals surface area contributed by atoms with Gasteiger partial charge in [-0.25, -0.2) is 12.8 Å². The van der Waals surface area contributed by atoms with Gasteiger partial charge in [0.25, 0.3) is 0 Å². The Morgan fingerprint density at radius 1 is 0.758 bits per heavy atom. The molecule has 9 rings (SSSR count). The lowest BCUT2D eigenvalue weighted by Gasteiger charge is -2.73. The topological polar surface area (TPSA) is 102 Å². The molecule has 7 aliphatic carbocycles. The highest BCUT2D eigenvalue weighted by molar-refractivity contribution is 7.91. The van der Waals surface area contributed by atoms with Crippen LogP contribution in [0.1, 0.15) is 144 Å². The van der Waals surface area contributed by atoms with Gasteiger partial charge in [-0.2, -0.15) is 0 Å². The molecule has 0 bridgehead atoms. The maximum Gasteiger partial charge on any atom is 0.309 e. The second kappa shape index (κ2) is 15.5. The van der Waals surface area contributed by atoms with Crippen LogP contribution in [-0.4, -0.2) is 80.8 Å². The summed E-state index contributed by atoms with van der Waals surface area (Å²) in [6, 6.07) is 9.47. The van der Waals surface area contributed by atoms with E-state index in [0.717, 1.165) is 31.2 Å².